The minimum absolute atomic E-state index is 0.0377. The molecule has 4 nitrogen and oxygen atoms in total. The molecule has 0 spiro atoms. The first-order chi connectivity index (χ1) is 12.6. The number of carbonyl (C=O) groups excluding carboxylic acids is 1. The maximum Gasteiger partial charge on any atom is 0.306 e. The molecule has 0 aromatic heterocycles. The highest BCUT2D eigenvalue weighted by molar-refractivity contribution is 5.69. The van der Waals surface area contributed by atoms with Gasteiger partial charge in [0.05, 0.1) is 0 Å². The number of rotatable bonds is 19. The average Bonchev–Trinajstić information content (AvgIpc) is 2.61. The summed E-state index contributed by atoms with van der Waals surface area (Å²) in [5.41, 5.74) is 0. The molecule has 0 fully saturated rings. The van der Waals surface area contributed by atoms with Gasteiger partial charge in [-0.3, -0.25) is 9.59 Å². The van der Waals surface area contributed by atoms with Gasteiger partial charge in [-0.25, -0.2) is 0 Å². The number of hydrogen-bond acceptors (Lipinski definition) is 3. The molecule has 0 amide bonds. The number of aliphatic carboxylic acids is 1. The van der Waals surface area contributed by atoms with Crippen molar-refractivity contribution in [3.63, 3.8) is 0 Å². The Labute approximate surface area is 161 Å². The van der Waals surface area contributed by atoms with Crippen LogP contribution in [0.1, 0.15) is 123 Å². The smallest absolute Gasteiger partial charge is 0.306 e. The summed E-state index contributed by atoms with van der Waals surface area (Å²) in [6.45, 7) is 4.32. The van der Waals surface area contributed by atoms with E-state index in [1.807, 2.05) is 0 Å². The lowest BCUT2D eigenvalue weighted by atomic mass is 10.0. The predicted octanol–water partition coefficient (Wildman–Crippen LogP) is 6.65. The van der Waals surface area contributed by atoms with Crippen molar-refractivity contribution < 1.29 is 19.4 Å². The lowest BCUT2D eigenvalue weighted by Crippen LogP contribution is -2.18. The third kappa shape index (κ3) is 17.8. The van der Waals surface area contributed by atoms with Gasteiger partial charge in [0, 0.05) is 12.8 Å². The van der Waals surface area contributed by atoms with E-state index in [4.69, 9.17) is 9.84 Å². The average molecular weight is 371 g/mol. The zero-order chi connectivity index (χ0) is 19.5. The second-order valence-electron chi connectivity index (χ2n) is 7.47. The summed E-state index contributed by atoms with van der Waals surface area (Å²) in [4.78, 5) is 22.4. The van der Waals surface area contributed by atoms with E-state index in [1.165, 1.54) is 32.1 Å². The number of ether oxygens (including phenoxy) is 1. The maximum absolute atomic E-state index is 11.9. The highest BCUT2D eigenvalue weighted by atomic mass is 16.5. The summed E-state index contributed by atoms with van der Waals surface area (Å²) >= 11 is 0. The molecule has 1 N–H and O–H groups in total. The van der Waals surface area contributed by atoms with Crippen LogP contribution in [-0.2, 0) is 14.3 Å². The van der Waals surface area contributed by atoms with Crippen LogP contribution in [0.25, 0.3) is 0 Å². The molecule has 0 saturated carbocycles. The van der Waals surface area contributed by atoms with Crippen molar-refractivity contribution in [1.29, 1.82) is 0 Å². The Morgan fingerprint density at radius 1 is 0.692 bits per heavy atom. The SMILES string of the molecule is CCCCCCCCC(CCCCCCCC(=O)O)OC(=O)CCCC. The van der Waals surface area contributed by atoms with Gasteiger partial charge in [-0.1, -0.05) is 71.6 Å². The topological polar surface area (TPSA) is 63.6 Å². The molecule has 154 valence electrons. The summed E-state index contributed by atoms with van der Waals surface area (Å²) in [7, 11) is 0. The van der Waals surface area contributed by atoms with Crippen LogP contribution in [-0.4, -0.2) is 23.1 Å². The number of carboxylic acids is 1. The molecule has 0 aromatic carbocycles. The molecule has 4 heteroatoms. The highest BCUT2D eigenvalue weighted by Gasteiger charge is 2.14. The molecule has 1 atom stereocenters. The van der Waals surface area contributed by atoms with Gasteiger partial charge in [0.15, 0.2) is 0 Å². The molecule has 26 heavy (non-hydrogen) atoms. The Bertz CT molecular complexity index is 341. The molecule has 0 radical (unpaired) electrons. The van der Waals surface area contributed by atoms with E-state index >= 15 is 0 Å². The van der Waals surface area contributed by atoms with E-state index in [0.717, 1.165) is 64.2 Å². The van der Waals surface area contributed by atoms with Crippen molar-refractivity contribution in [2.24, 2.45) is 0 Å². The molecule has 0 rings (SSSR count). The molecule has 0 aliphatic rings. The molecular formula is C22H42O4. The standard InChI is InChI=1S/C22H42O4/c1-3-5-7-8-10-13-16-20(26-22(25)19-6-4-2)17-14-11-9-12-15-18-21(23)24/h20H,3-19H2,1-2H3,(H,23,24). The zero-order valence-electron chi connectivity index (χ0n) is 17.3. The van der Waals surface area contributed by atoms with Gasteiger partial charge < -0.3 is 9.84 Å². The van der Waals surface area contributed by atoms with Crippen LogP contribution < -0.4 is 0 Å². The fraction of sp³-hybridized carbons (Fsp3) is 0.909. The second kappa shape index (κ2) is 18.7. The van der Waals surface area contributed by atoms with Crippen molar-refractivity contribution in [3.8, 4) is 0 Å². The number of esters is 1. The predicted molar refractivity (Wildman–Crippen MR) is 107 cm³/mol. The van der Waals surface area contributed by atoms with Gasteiger partial charge in [0.1, 0.15) is 6.10 Å². The minimum atomic E-state index is -0.706. The first kappa shape index (κ1) is 24.9. The molecule has 1 unspecified atom stereocenters. The third-order valence-electron chi connectivity index (χ3n) is 4.83. The van der Waals surface area contributed by atoms with E-state index in [1.54, 1.807) is 0 Å². The summed E-state index contributed by atoms with van der Waals surface area (Å²) in [6.07, 6.45) is 17.3. The number of hydrogen-bond donors (Lipinski definition) is 1. The Morgan fingerprint density at radius 3 is 1.73 bits per heavy atom. The lowest BCUT2D eigenvalue weighted by molar-refractivity contribution is -0.150. The molecule has 0 aliphatic heterocycles. The number of unbranched alkanes of at least 4 members (excludes halogenated alkanes) is 10. The Morgan fingerprint density at radius 2 is 1.19 bits per heavy atom. The maximum atomic E-state index is 11.9. The molecular weight excluding hydrogens is 328 g/mol. The van der Waals surface area contributed by atoms with Crippen molar-refractivity contribution >= 4 is 11.9 Å². The van der Waals surface area contributed by atoms with E-state index in [2.05, 4.69) is 13.8 Å². The molecule has 0 heterocycles. The van der Waals surface area contributed by atoms with E-state index in [-0.39, 0.29) is 18.5 Å². The van der Waals surface area contributed by atoms with Gasteiger partial charge in [0.2, 0.25) is 0 Å². The largest absolute Gasteiger partial charge is 0.481 e. The van der Waals surface area contributed by atoms with Crippen molar-refractivity contribution in [1.82, 2.24) is 0 Å². The Kier molecular flexibility index (Phi) is 18.0. The minimum Gasteiger partial charge on any atom is -0.481 e. The quantitative estimate of drug-likeness (QED) is 0.204. The second-order valence-corrected chi connectivity index (χ2v) is 7.47. The zero-order valence-corrected chi connectivity index (χ0v) is 17.3. The molecule has 0 aromatic rings. The van der Waals surface area contributed by atoms with Crippen molar-refractivity contribution in [3.05, 3.63) is 0 Å². The summed E-state index contributed by atoms with van der Waals surface area (Å²) < 4.78 is 5.72. The molecule has 0 aliphatic carbocycles. The lowest BCUT2D eigenvalue weighted by Gasteiger charge is -2.18. The van der Waals surface area contributed by atoms with Crippen LogP contribution in [0.3, 0.4) is 0 Å². The summed E-state index contributed by atoms with van der Waals surface area (Å²) in [5, 5.41) is 8.64. The highest BCUT2D eigenvalue weighted by Crippen LogP contribution is 2.17. The van der Waals surface area contributed by atoms with Crippen LogP contribution in [0.4, 0.5) is 0 Å². The Hall–Kier alpha value is -1.06. The van der Waals surface area contributed by atoms with Crippen LogP contribution in [0.15, 0.2) is 0 Å². The van der Waals surface area contributed by atoms with Crippen LogP contribution in [0.5, 0.6) is 0 Å². The van der Waals surface area contributed by atoms with Crippen LogP contribution >= 0.6 is 0 Å². The van der Waals surface area contributed by atoms with Crippen molar-refractivity contribution in [2.75, 3.05) is 0 Å². The van der Waals surface area contributed by atoms with E-state index in [9.17, 15) is 9.59 Å². The van der Waals surface area contributed by atoms with E-state index < -0.39 is 5.97 Å². The van der Waals surface area contributed by atoms with Crippen molar-refractivity contribution in [2.45, 2.75) is 129 Å². The molecule has 0 saturated heterocycles. The van der Waals surface area contributed by atoms with Gasteiger partial charge in [-0.15, -0.1) is 0 Å². The van der Waals surface area contributed by atoms with Gasteiger partial charge >= 0.3 is 11.9 Å². The summed E-state index contributed by atoms with van der Waals surface area (Å²) in [6, 6.07) is 0. The normalized spacial score (nSPS) is 12.1. The fourth-order valence-corrected chi connectivity index (χ4v) is 3.16. The van der Waals surface area contributed by atoms with Gasteiger partial charge in [-0.05, 0) is 38.5 Å². The first-order valence-corrected chi connectivity index (χ1v) is 11.0. The third-order valence-corrected chi connectivity index (χ3v) is 4.83. The molecule has 0 bridgehead atoms. The number of carbonyl (C=O) groups is 2. The summed E-state index contributed by atoms with van der Waals surface area (Å²) in [5.74, 6) is -0.743. The van der Waals surface area contributed by atoms with Gasteiger partial charge in [-0.2, -0.15) is 0 Å². The Balaban J connectivity index is 3.95. The fourth-order valence-electron chi connectivity index (χ4n) is 3.16. The van der Waals surface area contributed by atoms with Gasteiger partial charge in [0.25, 0.3) is 0 Å². The first-order valence-electron chi connectivity index (χ1n) is 11.0. The van der Waals surface area contributed by atoms with E-state index in [0.29, 0.717) is 6.42 Å². The monoisotopic (exact) mass is 370 g/mol. The van der Waals surface area contributed by atoms with Crippen LogP contribution in [0, 0.1) is 0 Å². The number of carboxylic acid groups (broad SMARTS) is 1. The van der Waals surface area contributed by atoms with Crippen LogP contribution in [0.2, 0.25) is 0 Å².